The molecule has 2 unspecified atom stereocenters. The first-order valence-corrected chi connectivity index (χ1v) is 20.2. The van der Waals surface area contributed by atoms with Crippen molar-refractivity contribution in [2.24, 2.45) is 0 Å². The van der Waals surface area contributed by atoms with E-state index in [2.05, 4.69) is 63.1 Å². The van der Waals surface area contributed by atoms with Gasteiger partial charge in [0.2, 0.25) is 0 Å². The Hall–Kier alpha value is 1.05. The second-order valence-corrected chi connectivity index (χ2v) is 18.2. The van der Waals surface area contributed by atoms with Crippen LogP contribution in [0.1, 0.15) is 92.9 Å². The Kier molecular flexibility index (Phi) is 24.0. The molecule has 0 aliphatic carbocycles. The van der Waals surface area contributed by atoms with E-state index in [0.29, 0.717) is 11.5 Å². The Morgan fingerprint density at radius 1 is 0.533 bits per heavy atom. The van der Waals surface area contributed by atoms with E-state index in [4.69, 9.17) is 9.47 Å². The van der Waals surface area contributed by atoms with Gasteiger partial charge in [-0.2, -0.15) is 0 Å². The number of rotatable bonds is 23. The third-order valence-electron chi connectivity index (χ3n) is 5.90. The zero-order valence-corrected chi connectivity index (χ0v) is 25.2. The standard InChI is InChI=1S/C24H54O2S2Si2/c1-7-13-15-25-23(29(17-9-3)18-10-4)21-27-28-22-24(26-16-14-8-2)30(19-11-5)20-12-6/h23-24,29-30H,7-22H2,1-6H3. The van der Waals surface area contributed by atoms with Crippen LogP contribution in [0.3, 0.4) is 0 Å². The number of hydrogen-bond acceptors (Lipinski definition) is 4. The van der Waals surface area contributed by atoms with Gasteiger partial charge in [0.05, 0.1) is 29.0 Å². The first kappa shape index (κ1) is 31.1. The molecule has 0 aromatic heterocycles. The van der Waals surface area contributed by atoms with Crippen molar-refractivity contribution in [2.75, 3.05) is 24.7 Å². The van der Waals surface area contributed by atoms with E-state index >= 15 is 0 Å². The smallest absolute Gasteiger partial charge is 0.0728 e. The normalized spacial score (nSPS) is 14.0. The molecule has 0 heterocycles. The lowest BCUT2D eigenvalue weighted by Crippen LogP contribution is -2.36. The van der Waals surface area contributed by atoms with Gasteiger partial charge in [-0.1, -0.05) is 126 Å². The van der Waals surface area contributed by atoms with Crippen LogP contribution in [0.5, 0.6) is 0 Å². The maximum absolute atomic E-state index is 6.47. The Morgan fingerprint density at radius 2 is 0.867 bits per heavy atom. The minimum Gasteiger partial charge on any atom is -0.381 e. The molecule has 0 saturated carbocycles. The Balaban J connectivity index is 4.73. The van der Waals surface area contributed by atoms with Gasteiger partial charge in [-0.25, -0.2) is 0 Å². The molecule has 182 valence electrons. The highest BCUT2D eigenvalue weighted by atomic mass is 33.1. The molecule has 0 rings (SSSR count). The molecule has 0 aliphatic rings. The predicted octanol–water partition coefficient (Wildman–Crippen LogP) is 7.91. The highest BCUT2D eigenvalue weighted by molar-refractivity contribution is 8.76. The topological polar surface area (TPSA) is 18.5 Å². The molecular weight excluding hydrogens is 441 g/mol. The molecule has 0 amide bonds. The summed E-state index contributed by atoms with van der Waals surface area (Å²) >= 11 is 0. The van der Waals surface area contributed by atoms with Gasteiger partial charge in [-0.15, -0.1) is 0 Å². The van der Waals surface area contributed by atoms with Crippen molar-refractivity contribution < 1.29 is 9.47 Å². The summed E-state index contributed by atoms with van der Waals surface area (Å²) in [6, 6.07) is 5.78. The van der Waals surface area contributed by atoms with Crippen LogP contribution in [-0.2, 0) is 9.47 Å². The molecule has 0 saturated heterocycles. The minimum absolute atomic E-state index is 0.563. The zero-order valence-electron chi connectivity index (χ0n) is 21.3. The zero-order chi connectivity index (χ0) is 22.5. The lowest BCUT2D eigenvalue weighted by atomic mass is 10.4. The fraction of sp³-hybridized carbons (Fsp3) is 1.00. The maximum atomic E-state index is 6.47. The highest BCUT2D eigenvalue weighted by Crippen LogP contribution is 2.29. The van der Waals surface area contributed by atoms with Crippen molar-refractivity contribution in [2.45, 2.75) is 129 Å². The highest BCUT2D eigenvalue weighted by Gasteiger charge is 2.25. The lowest BCUT2D eigenvalue weighted by Gasteiger charge is -2.27. The summed E-state index contributed by atoms with van der Waals surface area (Å²) in [4.78, 5) is 0. The summed E-state index contributed by atoms with van der Waals surface area (Å²) < 4.78 is 12.9. The molecule has 0 fully saturated rings. The summed E-state index contributed by atoms with van der Waals surface area (Å²) in [6.45, 7) is 15.9. The quantitative estimate of drug-likeness (QED) is 0.0815. The summed E-state index contributed by atoms with van der Waals surface area (Å²) in [5, 5.41) is 0. The SMILES string of the molecule is CCCCOC(CSSCC(OCCCC)[SiH](CCC)CCC)[SiH](CCC)CCC. The van der Waals surface area contributed by atoms with Crippen molar-refractivity contribution in [1.82, 2.24) is 0 Å². The van der Waals surface area contributed by atoms with Gasteiger partial charge in [0.1, 0.15) is 0 Å². The Labute approximate surface area is 201 Å². The van der Waals surface area contributed by atoms with E-state index < -0.39 is 17.6 Å². The van der Waals surface area contributed by atoms with Crippen LogP contribution in [0.2, 0.25) is 24.2 Å². The van der Waals surface area contributed by atoms with E-state index in [0.717, 1.165) is 13.2 Å². The van der Waals surface area contributed by atoms with E-state index in [1.807, 2.05) is 0 Å². The molecule has 0 N–H and O–H groups in total. The summed E-state index contributed by atoms with van der Waals surface area (Å²) in [5.41, 5.74) is 1.13. The summed E-state index contributed by atoms with van der Waals surface area (Å²) in [6.07, 6.45) is 10.2. The average Bonchev–Trinajstić information content (AvgIpc) is 2.74. The van der Waals surface area contributed by atoms with Crippen LogP contribution in [0.25, 0.3) is 0 Å². The van der Waals surface area contributed by atoms with Crippen LogP contribution in [0.4, 0.5) is 0 Å². The Morgan fingerprint density at radius 3 is 1.13 bits per heavy atom. The fourth-order valence-electron chi connectivity index (χ4n) is 4.14. The minimum atomic E-state index is -0.802. The van der Waals surface area contributed by atoms with Crippen molar-refractivity contribution >= 4 is 39.2 Å². The van der Waals surface area contributed by atoms with Gasteiger partial charge in [-0.3, -0.25) is 0 Å². The van der Waals surface area contributed by atoms with E-state index in [9.17, 15) is 0 Å². The molecule has 0 spiro atoms. The third kappa shape index (κ3) is 15.8. The molecule has 0 aromatic rings. The lowest BCUT2D eigenvalue weighted by molar-refractivity contribution is 0.113. The monoisotopic (exact) mass is 494 g/mol. The van der Waals surface area contributed by atoms with Crippen LogP contribution >= 0.6 is 21.6 Å². The molecule has 6 heteroatoms. The van der Waals surface area contributed by atoms with Crippen molar-refractivity contribution in [3.05, 3.63) is 0 Å². The predicted molar refractivity (Wildman–Crippen MR) is 149 cm³/mol. The van der Waals surface area contributed by atoms with Gasteiger partial charge in [0, 0.05) is 24.7 Å². The van der Waals surface area contributed by atoms with Crippen LogP contribution in [0, 0.1) is 0 Å². The van der Waals surface area contributed by atoms with E-state index in [1.54, 1.807) is 0 Å². The van der Waals surface area contributed by atoms with Crippen LogP contribution in [0.15, 0.2) is 0 Å². The first-order chi connectivity index (χ1) is 14.7. The summed E-state index contributed by atoms with van der Waals surface area (Å²) in [7, 11) is 2.57. The van der Waals surface area contributed by atoms with Gasteiger partial charge in [0.25, 0.3) is 0 Å². The van der Waals surface area contributed by atoms with Gasteiger partial charge in [0.15, 0.2) is 0 Å². The molecular formula is C24H54O2S2Si2. The van der Waals surface area contributed by atoms with Gasteiger partial charge < -0.3 is 9.47 Å². The molecule has 0 radical (unpaired) electrons. The maximum Gasteiger partial charge on any atom is 0.0728 e. The van der Waals surface area contributed by atoms with E-state index in [1.165, 1.54) is 87.0 Å². The summed E-state index contributed by atoms with van der Waals surface area (Å²) in [5.74, 6) is 2.39. The number of hydrogen-bond donors (Lipinski definition) is 0. The van der Waals surface area contributed by atoms with Crippen molar-refractivity contribution in [3.8, 4) is 0 Å². The van der Waals surface area contributed by atoms with Crippen LogP contribution < -0.4 is 0 Å². The molecule has 0 aromatic carbocycles. The largest absolute Gasteiger partial charge is 0.381 e. The van der Waals surface area contributed by atoms with Crippen molar-refractivity contribution in [3.63, 3.8) is 0 Å². The van der Waals surface area contributed by atoms with Gasteiger partial charge >= 0.3 is 0 Å². The van der Waals surface area contributed by atoms with Gasteiger partial charge in [-0.05, 0) is 12.8 Å². The average molecular weight is 495 g/mol. The number of unbranched alkanes of at least 4 members (excludes halogenated alkanes) is 2. The van der Waals surface area contributed by atoms with Crippen molar-refractivity contribution in [1.29, 1.82) is 0 Å². The first-order valence-electron chi connectivity index (χ1n) is 13.2. The fourth-order valence-corrected chi connectivity index (χ4v) is 15.6. The Bertz CT molecular complexity index is 307. The molecule has 2 atom stereocenters. The number of ether oxygens (including phenoxy) is 2. The second kappa shape index (κ2) is 23.2. The molecule has 30 heavy (non-hydrogen) atoms. The molecule has 2 nitrogen and oxygen atoms in total. The molecule has 0 aliphatic heterocycles. The molecule has 0 bridgehead atoms. The second-order valence-electron chi connectivity index (χ2n) is 8.77. The van der Waals surface area contributed by atoms with E-state index in [-0.39, 0.29) is 0 Å². The van der Waals surface area contributed by atoms with Crippen LogP contribution in [-0.4, -0.2) is 53.8 Å². The third-order valence-corrected chi connectivity index (χ3v) is 17.2.